The lowest BCUT2D eigenvalue weighted by Crippen LogP contribution is -2.38. The number of carbonyl (C=O) groups excluding carboxylic acids is 2. The molecule has 0 aliphatic heterocycles. The van der Waals surface area contributed by atoms with E-state index in [0.717, 1.165) is 38.5 Å². The third-order valence-corrected chi connectivity index (χ3v) is 12.5. The van der Waals surface area contributed by atoms with Crippen LogP contribution in [0.15, 0.2) is 0 Å². The molecule has 0 saturated carbocycles. The third kappa shape index (κ3) is 43.0. The van der Waals surface area contributed by atoms with Crippen molar-refractivity contribution in [2.45, 2.75) is 206 Å². The first-order chi connectivity index (χ1) is 29.6. The Kier molecular flexibility index (Phi) is 39.7. The molecule has 3 N–H and O–H groups in total. The van der Waals surface area contributed by atoms with E-state index >= 15 is 0 Å². The average Bonchev–Trinajstić information content (AvgIpc) is 3.21. The first-order valence-electron chi connectivity index (χ1n) is 24.3. The summed E-state index contributed by atoms with van der Waals surface area (Å²) in [7, 11) is -3.77. The molecule has 0 aromatic carbocycles. The van der Waals surface area contributed by atoms with Crippen LogP contribution in [0.5, 0.6) is 0 Å². The number of ether oxygens (including phenoxy) is 3. The predicted octanol–water partition coefficient (Wildman–Crippen LogP) is 10.1. The van der Waals surface area contributed by atoms with Gasteiger partial charge in [0.1, 0.15) is 38.6 Å². The van der Waals surface area contributed by atoms with Crippen molar-refractivity contribution in [2.75, 3.05) is 73.9 Å². The fourth-order valence-electron chi connectivity index (χ4n) is 6.61. The molecule has 0 radical (unpaired) electrons. The second kappa shape index (κ2) is 40.3. The van der Waals surface area contributed by atoms with Crippen LogP contribution in [-0.4, -0.2) is 107 Å². The van der Waals surface area contributed by atoms with Gasteiger partial charge in [-0.1, -0.05) is 168 Å². The maximum atomic E-state index is 12.9. The van der Waals surface area contributed by atoms with Crippen LogP contribution in [0.4, 0.5) is 0 Å². The van der Waals surface area contributed by atoms with Crippen molar-refractivity contribution in [2.24, 2.45) is 5.73 Å². The largest absolute Gasteiger partial charge is 0.756 e. The van der Waals surface area contributed by atoms with E-state index in [-0.39, 0.29) is 39.2 Å². The fraction of sp³-hybridized carbons (Fsp3) is 0.956. The van der Waals surface area contributed by atoms with Crippen LogP contribution in [0.3, 0.4) is 0 Å². The van der Waals surface area contributed by atoms with E-state index in [0.29, 0.717) is 23.9 Å². The summed E-state index contributed by atoms with van der Waals surface area (Å²) in [6.45, 7) is 2.59. The molecule has 370 valence electrons. The van der Waals surface area contributed by atoms with Gasteiger partial charge in [0.15, 0.2) is 0 Å². The lowest BCUT2D eigenvalue weighted by atomic mass is 10.0. The maximum absolute atomic E-state index is 12.9. The Morgan fingerprint density at radius 3 is 1.32 bits per heavy atom. The molecule has 62 heavy (non-hydrogen) atoms. The van der Waals surface area contributed by atoms with Gasteiger partial charge in [-0.3, -0.25) is 23.2 Å². The van der Waals surface area contributed by atoms with Crippen LogP contribution in [0.25, 0.3) is 0 Å². The number of nitrogens with zero attached hydrogens (tertiary/aromatic N) is 1. The number of hydrogen-bond donors (Lipinski definition) is 2. The highest BCUT2D eigenvalue weighted by Gasteiger charge is 2.27. The van der Waals surface area contributed by atoms with Gasteiger partial charge in [-0.05, 0) is 12.8 Å². The quantitative estimate of drug-likeness (QED) is 0.0253. The van der Waals surface area contributed by atoms with Crippen molar-refractivity contribution >= 4 is 27.6 Å². The van der Waals surface area contributed by atoms with Gasteiger partial charge in [-0.15, -0.1) is 0 Å². The normalized spacial score (nSPS) is 14.9. The van der Waals surface area contributed by atoms with Crippen molar-refractivity contribution in [1.29, 1.82) is 0 Å². The van der Waals surface area contributed by atoms with Crippen molar-refractivity contribution < 1.29 is 65.3 Å². The van der Waals surface area contributed by atoms with Gasteiger partial charge in [0.05, 0.1) is 41.0 Å². The second-order valence-electron chi connectivity index (χ2n) is 17.7. The molecule has 0 aliphatic rings. The summed E-state index contributed by atoms with van der Waals surface area (Å²) in [5.41, 5.74) is 5.39. The maximum Gasteiger partial charge on any atom is 0.472 e. The minimum Gasteiger partial charge on any atom is -0.756 e. The van der Waals surface area contributed by atoms with Crippen molar-refractivity contribution in [3.05, 3.63) is 0 Å². The molecule has 0 rings (SSSR count). The number of nitrogens with two attached hydrogens (primary N) is 1. The Bertz CT molecular complexity index is 1160. The molecule has 15 nitrogen and oxygen atoms in total. The van der Waals surface area contributed by atoms with Crippen molar-refractivity contribution in [3.63, 3.8) is 0 Å². The summed E-state index contributed by atoms with van der Waals surface area (Å²) < 4.78 is 62.7. The third-order valence-electron chi connectivity index (χ3n) is 10.4. The molecule has 0 aromatic rings. The van der Waals surface area contributed by atoms with Gasteiger partial charge in [-0.25, -0.2) is 4.57 Å². The summed E-state index contributed by atoms with van der Waals surface area (Å²) in [5.74, 6) is -0.980. The highest BCUT2D eigenvalue weighted by molar-refractivity contribution is 7.47. The molecular weight excluding hydrogens is 838 g/mol. The van der Waals surface area contributed by atoms with Gasteiger partial charge in [0, 0.05) is 19.4 Å². The number of unbranched alkanes of at least 4 members (excludes halogenated alkanes) is 24. The molecule has 17 heteroatoms. The van der Waals surface area contributed by atoms with E-state index in [2.05, 4.69) is 13.8 Å². The zero-order chi connectivity index (χ0) is 46.2. The van der Waals surface area contributed by atoms with Crippen LogP contribution in [0, 0.1) is 0 Å². The zero-order valence-corrected chi connectivity index (χ0v) is 41.7. The van der Waals surface area contributed by atoms with Crippen LogP contribution in [0.2, 0.25) is 0 Å². The molecule has 0 bridgehead atoms. The Morgan fingerprint density at radius 1 is 0.548 bits per heavy atom. The van der Waals surface area contributed by atoms with E-state index in [4.69, 9.17) is 38.0 Å². The number of hydrogen-bond acceptors (Lipinski definition) is 13. The molecule has 0 aromatic heterocycles. The van der Waals surface area contributed by atoms with Crippen molar-refractivity contribution in [1.82, 2.24) is 0 Å². The number of quaternary nitrogens is 1. The minimum atomic E-state index is -4.89. The van der Waals surface area contributed by atoms with Gasteiger partial charge in [0.2, 0.25) is 0 Å². The van der Waals surface area contributed by atoms with Gasteiger partial charge < -0.3 is 43.3 Å². The number of carbonyl (C=O) groups is 2. The number of likely N-dealkylation sites (N-methyl/N-ethyl adjacent to an activating group) is 1. The summed E-state index contributed by atoms with van der Waals surface area (Å²) in [5, 5.41) is 0. The number of phosphoric ester groups is 2. The van der Waals surface area contributed by atoms with E-state index in [1.165, 1.54) is 116 Å². The average molecular weight is 931 g/mol. The molecule has 4 atom stereocenters. The van der Waals surface area contributed by atoms with Crippen LogP contribution in [0.1, 0.15) is 194 Å². The van der Waals surface area contributed by atoms with E-state index in [9.17, 15) is 28.5 Å². The Hall–Kier alpha value is -0.960. The molecule has 0 amide bonds. The van der Waals surface area contributed by atoms with Crippen LogP contribution < -0.4 is 10.6 Å². The van der Waals surface area contributed by atoms with E-state index < -0.39 is 59.6 Å². The Balaban J connectivity index is 5.09. The monoisotopic (exact) mass is 931 g/mol. The number of phosphoric acid groups is 2. The topological polar surface area (TPSA) is 202 Å². The lowest BCUT2D eigenvalue weighted by molar-refractivity contribution is -0.870. The molecule has 0 spiro atoms. The SMILES string of the molecule is CCCCCCCCCCCCCCCC(=O)OC[C@H](COP(=O)(O)OCCN)OC[C@@H](COC(=O)CCCCCCCCCCCCCCC)OP(=O)([O-])OCC[N+](C)(C)C. The van der Waals surface area contributed by atoms with E-state index in [1.807, 2.05) is 21.1 Å². The van der Waals surface area contributed by atoms with Gasteiger partial charge in [-0.2, -0.15) is 0 Å². The Labute approximate surface area is 377 Å². The van der Waals surface area contributed by atoms with Crippen LogP contribution >= 0.6 is 15.6 Å². The highest BCUT2D eigenvalue weighted by atomic mass is 31.2. The highest BCUT2D eigenvalue weighted by Crippen LogP contribution is 2.43. The molecule has 0 aliphatic carbocycles. The van der Waals surface area contributed by atoms with Crippen LogP contribution in [-0.2, 0) is 51.0 Å². The first-order valence-corrected chi connectivity index (χ1v) is 27.3. The molecule has 0 fully saturated rings. The van der Waals surface area contributed by atoms with Gasteiger partial charge in [0.25, 0.3) is 7.82 Å². The molecule has 0 heterocycles. The molecule has 2 unspecified atom stereocenters. The summed E-state index contributed by atoms with van der Waals surface area (Å²) in [6, 6.07) is 0. The zero-order valence-electron chi connectivity index (χ0n) is 39.9. The van der Waals surface area contributed by atoms with Gasteiger partial charge >= 0.3 is 19.8 Å². The van der Waals surface area contributed by atoms with E-state index in [1.54, 1.807) is 0 Å². The predicted molar refractivity (Wildman–Crippen MR) is 244 cm³/mol. The first kappa shape index (κ1) is 61.0. The lowest BCUT2D eigenvalue weighted by Gasteiger charge is -2.30. The smallest absolute Gasteiger partial charge is 0.472 e. The number of esters is 2. The summed E-state index contributed by atoms with van der Waals surface area (Å²) >= 11 is 0. The second-order valence-corrected chi connectivity index (χ2v) is 20.5. The minimum absolute atomic E-state index is 0.0200. The summed E-state index contributed by atoms with van der Waals surface area (Å²) in [6.07, 6.45) is 28.4. The Morgan fingerprint density at radius 2 is 0.935 bits per heavy atom. The molecular formula is C45H92N2O13P2. The fourth-order valence-corrected chi connectivity index (χ4v) is 8.23. The summed E-state index contributed by atoms with van der Waals surface area (Å²) in [4.78, 5) is 48.3. The molecule has 0 saturated heterocycles. The number of rotatable bonds is 47. The van der Waals surface area contributed by atoms with Crippen molar-refractivity contribution in [3.8, 4) is 0 Å². The standard InChI is InChI=1S/C45H92N2O13P2/c1-6-8-10-12-14-16-18-20-22-24-26-28-30-32-44(48)55-38-42(41-59-61(50,51)57-36-34-46)54-39-43(60-62(52,53)58-37-35-47(3,4)5)40-56-45(49)33-31-29-27-25-23-21-19-17-15-13-11-9-7-2/h42-43H,6-41,46H2,1-5H3,(H-,50,51,52,53)/t42-,43+/m1/s1.